The number of aliphatic hydroxyl groups is 2. The number of nitrogens with one attached hydrogen (secondary N) is 1. The van der Waals surface area contributed by atoms with Gasteiger partial charge in [-0.05, 0) is 30.5 Å². The molecule has 2 aromatic rings. The number of hydrogen-bond acceptors (Lipinski definition) is 6. The van der Waals surface area contributed by atoms with Crippen molar-refractivity contribution in [2.24, 2.45) is 5.92 Å². The van der Waals surface area contributed by atoms with Gasteiger partial charge in [0, 0.05) is 31.0 Å². The van der Waals surface area contributed by atoms with E-state index in [-0.39, 0.29) is 36.5 Å². The number of rotatable bonds is 5. The van der Waals surface area contributed by atoms with E-state index >= 15 is 0 Å². The van der Waals surface area contributed by atoms with Gasteiger partial charge in [-0.1, -0.05) is 37.3 Å². The molecule has 32 heavy (non-hydrogen) atoms. The van der Waals surface area contributed by atoms with Crippen LogP contribution < -0.4 is 5.32 Å². The maximum atomic E-state index is 13.0. The van der Waals surface area contributed by atoms with Crippen LogP contribution in [0, 0.1) is 12.8 Å². The second-order valence-electron chi connectivity index (χ2n) is 8.41. The third kappa shape index (κ3) is 4.61. The van der Waals surface area contributed by atoms with Gasteiger partial charge in [0.2, 0.25) is 5.91 Å². The van der Waals surface area contributed by atoms with Crippen LogP contribution in [-0.2, 0) is 16.1 Å². The summed E-state index contributed by atoms with van der Waals surface area (Å²) in [5.41, 5.74) is 5.20. The normalized spacial score (nSPS) is 23.0. The van der Waals surface area contributed by atoms with Gasteiger partial charge >= 0.3 is 0 Å². The summed E-state index contributed by atoms with van der Waals surface area (Å²) in [5, 5.41) is 23.0. The third-order valence-electron chi connectivity index (χ3n) is 6.02. The number of aryl methyl sites for hydroxylation is 1. The Bertz CT molecular complexity index is 1070. The Balaban J connectivity index is 1.40. The Morgan fingerprint density at radius 3 is 2.69 bits per heavy atom. The highest BCUT2D eigenvalue weighted by molar-refractivity contribution is 7.13. The van der Waals surface area contributed by atoms with E-state index in [0.29, 0.717) is 18.5 Å². The molecule has 0 spiro atoms. The van der Waals surface area contributed by atoms with Gasteiger partial charge in [0.1, 0.15) is 6.04 Å². The van der Waals surface area contributed by atoms with E-state index in [1.807, 2.05) is 43.6 Å². The molecule has 1 fully saturated rings. The maximum Gasteiger partial charge on any atom is 0.254 e. The topological polar surface area (TPSA) is 103 Å². The van der Waals surface area contributed by atoms with Crippen molar-refractivity contribution in [1.82, 2.24) is 15.2 Å². The Hall–Kier alpha value is -2.97. The largest absolute Gasteiger partial charge is 0.512 e. The average Bonchev–Trinajstić information content (AvgIpc) is 3.39. The van der Waals surface area contributed by atoms with E-state index in [1.165, 1.54) is 11.0 Å². The first kappa shape index (κ1) is 22.2. The zero-order valence-electron chi connectivity index (χ0n) is 18.1. The Morgan fingerprint density at radius 2 is 2.03 bits per heavy atom. The van der Waals surface area contributed by atoms with Gasteiger partial charge in [-0.2, -0.15) is 0 Å². The Kier molecular flexibility index (Phi) is 6.43. The first-order valence-electron chi connectivity index (χ1n) is 10.7. The van der Waals surface area contributed by atoms with Crippen LogP contribution in [0.3, 0.4) is 0 Å². The van der Waals surface area contributed by atoms with E-state index in [1.54, 1.807) is 17.4 Å². The van der Waals surface area contributed by atoms with E-state index in [0.717, 1.165) is 21.7 Å². The number of amides is 2. The maximum absolute atomic E-state index is 13.0. The number of aliphatic hydroxyl groups excluding tert-OH is 2. The lowest BCUT2D eigenvalue weighted by atomic mass is 9.95. The van der Waals surface area contributed by atoms with Crippen LogP contribution in [0.25, 0.3) is 10.4 Å². The fourth-order valence-electron chi connectivity index (χ4n) is 4.05. The van der Waals surface area contributed by atoms with E-state index in [4.69, 9.17) is 0 Å². The molecule has 1 saturated heterocycles. The minimum atomic E-state index is -0.752. The van der Waals surface area contributed by atoms with E-state index < -0.39 is 12.1 Å². The molecule has 0 bridgehead atoms. The number of nitrogens with zero attached hydrogens (tertiary/aromatic N) is 2. The number of β-amino-alcohol motifs (C(OH)–C–C–N with tert-alkyl or cyclic N) is 1. The molecular weight excluding hydrogens is 426 g/mol. The molecule has 7 nitrogen and oxygen atoms in total. The van der Waals surface area contributed by atoms with Crippen molar-refractivity contribution in [2.45, 2.75) is 45.4 Å². The number of carbonyl (C=O) groups is 2. The molecule has 0 radical (unpaired) electrons. The summed E-state index contributed by atoms with van der Waals surface area (Å²) >= 11 is 1.59. The Morgan fingerprint density at radius 1 is 1.28 bits per heavy atom. The number of likely N-dealkylation sites (tertiary alicyclic amines) is 1. The summed E-state index contributed by atoms with van der Waals surface area (Å²) in [4.78, 5) is 32.6. The first-order chi connectivity index (χ1) is 15.3. The molecule has 8 heteroatoms. The molecule has 1 aliphatic carbocycles. The average molecular weight is 454 g/mol. The summed E-state index contributed by atoms with van der Waals surface area (Å²) in [6.07, 6.45) is 3.24. The lowest BCUT2D eigenvalue weighted by Crippen LogP contribution is -2.46. The van der Waals surface area contributed by atoms with Crippen molar-refractivity contribution >= 4 is 23.2 Å². The lowest BCUT2D eigenvalue weighted by molar-refractivity contribution is -0.135. The predicted molar refractivity (Wildman–Crippen MR) is 123 cm³/mol. The summed E-state index contributed by atoms with van der Waals surface area (Å²) in [6, 6.07) is 7.19. The minimum Gasteiger partial charge on any atom is -0.512 e. The first-order valence-corrected chi connectivity index (χ1v) is 11.6. The Labute approximate surface area is 191 Å². The molecule has 0 saturated carbocycles. The minimum absolute atomic E-state index is 0.0267. The number of benzene rings is 1. The quantitative estimate of drug-likeness (QED) is 0.646. The van der Waals surface area contributed by atoms with Crippen molar-refractivity contribution in [2.75, 3.05) is 6.54 Å². The van der Waals surface area contributed by atoms with Gasteiger partial charge in [-0.15, -0.1) is 11.3 Å². The number of carbonyl (C=O) groups excluding carboxylic acids is 2. The second kappa shape index (κ2) is 9.26. The smallest absolute Gasteiger partial charge is 0.254 e. The van der Waals surface area contributed by atoms with Crippen molar-refractivity contribution in [1.29, 1.82) is 0 Å². The molecule has 1 aromatic heterocycles. The van der Waals surface area contributed by atoms with Gasteiger partial charge in [0.05, 0.1) is 27.9 Å². The molecule has 2 amide bonds. The van der Waals surface area contributed by atoms with Crippen molar-refractivity contribution in [3.8, 4) is 10.4 Å². The molecule has 1 aliphatic heterocycles. The highest BCUT2D eigenvalue weighted by atomic mass is 32.1. The van der Waals surface area contributed by atoms with Gasteiger partial charge in [-0.25, -0.2) is 4.98 Å². The van der Waals surface area contributed by atoms with Crippen LogP contribution in [0.1, 0.15) is 31.0 Å². The van der Waals surface area contributed by atoms with Crippen molar-refractivity contribution < 1.29 is 19.8 Å². The van der Waals surface area contributed by atoms with Crippen molar-refractivity contribution in [3.63, 3.8) is 0 Å². The van der Waals surface area contributed by atoms with Crippen LogP contribution in [0.2, 0.25) is 0 Å². The number of thiazole rings is 1. The SMILES string of the molecule is Cc1ncsc1-c1ccc(CNC(=O)[C@@H]2C[C@@H](O)CN2C(=O)C2=CCC(C)C(O)=C2)cc1. The summed E-state index contributed by atoms with van der Waals surface area (Å²) < 4.78 is 0. The molecule has 1 aromatic carbocycles. The number of hydrogen-bond donors (Lipinski definition) is 3. The second-order valence-corrected chi connectivity index (χ2v) is 9.26. The van der Waals surface area contributed by atoms with Crippen molar-refractivity contribution in [3.05, 3.63) is 64.5 Å². The van der Waals surface area contributed by atoms with Gasteiger partial charge in [0.25, 0.3) is 5.91 Å². The molecule has 2 heterocycles. The van der Waals surface area contributed by atoms with Crippen LogP contribution in [0.15, 0.2) is 53.3 Å². The lowest BCUT2D eigenvalue weighted by Gasteiger charge is -2.25. The molecule has 2 aliphatic rings. The monoisotopic (exact) mass is 453 g/mol. The molecule has 4 rings (SSSR count). The number of allylic oxidation sites excluding steroid dienone is 2. The summed E-state index contributed by atoms with van der Waals surface area (Å²) in [5.74, 6) is -0.505. The third-order valence-corrected chi connectivity index (χ3v) is 7.00. The van der Waals surface area contributed by atoms with Crippen LogP contribution in [0.5, 0.6) is 0 Å². The fraction of sp³-hybridized carbons (Fsp3) is 0.375. The van der Waals surface area contributed by atoms with Crippen LogP contribution >= 0.6 is 11.3 Å². The van der Waals surface area contributed by atoms with Crippen LogP contribution in [-0.4, -0.2) is 50.6 Å². The summed E-state index contributed by atoms with van der Waals surface area (Å²) in [6.45, 7) is 4.28. The molecule has 3 atom stereocenters. The molecule has 1 unspecified atom stereocenters. The standard InChI is InChI=1S/C24H27N3O4S/c1-14-3-6-18(9-21(14)29)24(31)27-12-19(28)10-20(27)23(30)25-11-16-4-7-17(8-5-16)22-15(2)26-13-32-22/h4-9,13-14,19-20,28-29H,3,10-12H2,1-2H3,(H,25,30)/t14?,19-,20+/m1/s1. The van der Waals surface area contributed by atoms with Gasteiger partial charge in [-0.3, -0.25) is 9.59 Å². The summed E-state index contributed by atoms with van der Waals surface area (Å²) in [7, 11) is 0. The predicted octanol–water partition coefficient (Wildman–Crippen LogP) is 3.10. The molecule has 168 valence electrons. The van der Waals surface area contributed by atoms with E-state index in [9.17, 15) is 19.8 Å². The number of aromatic nitrogens is 1. The van der Waals surface area contributed by atoms with Gasteiger partial charge < -0.3 is 20.4 Å². The zero-order valence-corrected chi connectivity index (χ0v) is 18.9. The zero-order chi connectivity index (χ0) is 22.8. The molecule has 3 N–H and O–H groups in total. The van der Waals surface area contributed by atoms with Gasteiger partial charge in [0.15, 0.2) is 0 Å². The van der Waals surface area contributed by atoms with E-state index in [2.05, 4.69) is 10.3 Å². The molecular formula is C24H27N3O4S. The highest BCUT2D eigenvalue weighted by Crippen LogP contribution is 2.28. The highest BCUT2D eigenvalue weighted by Gasteiger charge is 2.39. The van der Waals surface area contributed by atoms with Crippen LogP contribution in [0.4, 0.5) is 0 Å². The fourth-order valence-corrected chi connectivity index (χ4v) is 4.86.